The first-order valence-corrected chi connectivity index (χ1v) is 7.46. The van der Waals surface area contributed by atoms with E-state index in [-0.39, 0.29) is 11.0 Å². The van der Waals surface area contributed by atoms with E-state index in [0.717, 1.165) is 22.4 Å². The van der Waals surface area contributed by atoms with E-state index in [2.05, 4.69) is 76.0 Å². The van der Waals surface area contributed by atoms with Gasteiger partial charge in [-0.25, -0.2) is 9.97 Å². The lowest BCUT2D eigenvalue weighted by atomic mass is 10.1. The standard InChI is InChI=1S/C16H14IN3.2H2O/c1-10-7-12-15(8-11(10)2)18-9-19-16(12)20-14-6-4-3-5-13(14)17;;/h3-9H,1-2H3,(H,18,19,20);2*1H2. The molecule has 0 spiro atoms. The number of anilines is 2. The van der Waals surface area contributed by atoms with Gasteiger partial charge >= 0.3 is 0 Å². The highest BCUT2D eigenvalue weighted by molar-refractivity contribution is 14.1. The maximum Gasteiger partial charge on any atom is 0.141 e. The summed E-state index contributed by atoms with van der Waals surface area (Å²) < 4.78 is 1.17. The van der Waals surface area contributed by atoms with Crippen LogP contribution in [0.3, 0.4) is 0 Å². The summed E-state index contributed by atoms with van der Waals surface area (Å²) in [5, 5.41) is 4.45. The van der Waals surface area contributed by atoms with E-state index in [0.29, 0.717) is 0 Å². The number of nitrogens with zero attached hydrogens (tertiary/aromatic N) is 2. The van der Waals surface area contributed by atoms with Crippen LogP contribution in [0.4, 0.5) is 11.5 Å². The average Bonchev–Trinajstić information content (AvgIpc) is 2.43. The molecule has 0 fully saturated rings. The number of fused-ring (bicyclic) bond motifs is 1. The van der Waals surface area contributed by atoms with E-state index >= 15 is 0 Å². The van der Waals surface area contributed by atoms with Crippen LogP contribution in [0, 0.1) is 17.4 Å². The zero-order valence-corrected chi connectivity index (χ0v) is 14.5. The third kappa shape index (κ3) is 3.52. The van der Waals surface area contributed by atoms with Crippen molar-refractivity contribution in [1.29, 1.82) is 0 Å². The molecule has 2 aromatic carbocycles. The van der Waals surface area contributed by atoms with Crippen molar-refractivity contribution in [2.75, 3.05) is 5.32 Å². The summed E-state index contributed by atoms with van der Waals surface area (Å²) in [5.41, 5.74) is 4.53. The van der Waals surface area contributed by atoms with Crippen molar-refractivity contribution in [3.8, 4) is 0 Å². The fraction of sp³-hybridized carbons (Fsp3) is 0.125. The van der Waals surface area contributed by atoms with Gasteiger partial charge in [-0.3, -0.25) is 0 Å². The summed E-state index contributed by atoms with van der Waals surface area (Å²) in [6, 6.07) is 12.4. The molecule has 0 aliphatic carbocycles. The normalized spacial score (nSPS) is 9.77. The van der Waals surface area contributed by atoms with Crippen LogP contribution in [0.1, 0.15) is 11.1 Å². The van der Waals surface area contributed by atoms with Crippen molar-refractivity contribution in [2.45, 2.75) is 13.8 Å². The smallest absolute Gasteiger partial charge is 0.141 e. The lowest BCUT2D eigenvalue weighted by molar-refractivity contribution is 0.823. The fourth-order valence-electron chi connectivity index (χ4n) is 2.11. The van der Waals surface area contributed by atoms with Gasteiger partial charge < -0.3 is 16.3 Å². The molecule has 0 saturated carbocycles. The third-order valence-electron chi connectivity index (χ3n) is 3.38. The van der Waals surface area contributed by atoms with Gasteiger partial charge in [-0.2, -0.15) is 0 Å². The van der Waals surface area contributed by atoms with Crippen LogP contribution in [0.25, 0.3) is 10.9 Å². The van der Waals surface area contributed by atoms with Gasteiger partial charge in [-0.1, -0.05) is 12.1 Å². The Morgan fingerprint density at radius 3 is 2.36 bits per heavy atom. The summed E-state index contributed by atoms with van der Waals surface area (Å²) in [6.07, 6.45) is 1.61. The molecule has 0 atom stereocenters. The third-order valence-corrected chi connectivity index (χ3v) is 4.32. The van der Waals surface area contributed by atoms with E-state index < -0.39 is 0 Å². The second-order valence-electron chi connectivity index (χ2n) is 4.78. The number of hydrogen-bond donors (Lipinski definition) is 1. The number of aryl methyl sites for hydroxylation is 2. The van der Waals surface area contributed by atoms with Crippen LogP contribution < -0.4 is 5.32 Å². The monoisotopic (exact) mass is 411 g/mol. The lowest BCUT2D eigenvalue weighted by Crippen LogP contribution is -1.98. The van der Waals surface area contributed by atoms with Crippen LogP contribution in [0.5, 0.6) is 0 Å². The molecular formula is C16H18IN3O2. The van der Waals surface area contributed by atoms with Gasteiger partial charge in [0.2, 0.25) is 0 Å². The first-order chi connectivity index (χ1) is 9.65. The predicted molar refractivity (Wildman–Crippen MR) is 98.7 cm³/mol. The molecule has 116 valence electrons. The van der Waals surface area contributed by atoms with E-state index in [1.54, 1.807) is 6.33 Å². The lowest BCUT2D eigenvalue weighted by Gasteiger charge is -2.11. The van der Waals surface area contributed by atoms with Crippen molar-refractivity contribution >= 4 is 45.0 Å². The quantitative estimate of drug-likeness (QED) is 0.656. The van der Waals surface area contributed by atoms with Gasteiger partial charge in [0.25, 0.3) is 0 Å². The minimum Gasteiger partial charge on any atom is -0.412 e. The van der Waals surface area contributed by atoms with Crippen molar-refractivity contribution < 1.29 is 11.0 Å². The Kier molecular flexibility index (Phi) is 6.21. The van der Waals surface area contributed by atoms with E-state index in [1.165, 1.54) is 14.7 Å². The highest BCUT2D eigenvalue weighted by atomic mass is 127. The summed E-state index contributed by atoms with van der Waals surface area (Å²) >= 11 is 2.32. The van der Waals surface area contributed by atoms with Gasteiger partial charge in [0.1, 0.15) is 12.1 Å². The highest BCUT2D eigenvalue weighted by Crippen LogP contribution is 2.27. The van der Waals surface area contributed by atoms with Crippen LogP contribution in [0.2, 0.25) is 0 Å². The Bertz CT molecular complexity index is 793. The molecule has 0 saturated heterocycles. The average molecular weight is 411 g/mol. The van der Waals surface area contributed by atoms with Crippen LogP contribution in [-0.2, 0) is 0 Å². The zero-order valence-electron chi connectivity index (χ0n) is 12.3. The number of rotatable bonds is 2. The molecule has 0 bridgehead atoms. The summed E-state index contributed by atoms with van der Waals surface area (Å²) in [5.74, 6) is 0.849. The Labute approximate surface area is 142 Å². The zero-order chi connectivity index (χ0) is 14.1. The Balaban J connectivity index is 0.00000121. The summed E-state index contributed by atoms with van der Waals surface area (Å²) in [7, 11) is 0. The summed E-state index contributed by atoms with van der Waals surface area (Å²) in [6.45, 7) is 4.21. The first-order valence-electron chi connectivity index (χ1n) is 6.38. The molecule has 5 N–H and O–H groups in total. The fourth-order valence-corrected chi connectivity index (χ4v) is 2.63. The van der Waals surface area contributed by atoms with Crippen LogP contribution >= 0.6 is 22.6 Å². The predicted octanol–water partition coefficient (Wildman–Crippen LogP) is 2.95. The van der Waals surface area contributed by atoms with Gasteiger partial charge in [-0.15, -0.1) is 0 Å². The van der Waals surface area contributed by atoms with Gasteiger partial charge in [0, 0.05) is 8.96 Å². The molecule has 22 heavy (non-hydrogen) atoms. The van der Waals surface area contributed by atoms with E-state index in [1.807, 2.05) is 12.1 Å². The van der Waals surface area contributed by atoms with Crippen LogP contribution in [0.15, 0.2) is 42.7 Å². The maximum absolute atomic E-state index is 4.39. The van der Waals surface area contributed by atoms with Crippen molar-refractivity contribution in [2.24, 2.45) is 0 Å². The molecule has 1 heterocycles. The molecule has 6 heteroatoms. The summed E-state index contributed by atoms with van der Waals surface area (Å²) in [4.78, 5) is 8.74. The molecule has 3 aromatic rings. The molecule has 0 unspecified atom stereocenters. The molecule has 1 aromatic heterocycles. The van der Waals surface area contributed by atoms with Crippen LogP contribution in [-0.4, -0.2) is 20.9 Å². The topological polar surface area (TPSA) is 101 Å². The Morgan fingerprint density at radius 2 is 1.64 bits per heavy atom. The Hall–Kier alpha value is -1.77. The molecule has 0 aliphatic heterocycles. The number of benzene rings is 2. The minimum absolute atomic E-state index is 0. The number of aromatic nitrogens is 2. The molecule has 0 radical (unpaired) electrons. The highest BCUT2D eigenvalue weighted by Gasteiger charge is 2.07. The SMILES string of the molecule is Cc1cc2ncnc(Nc3ccccc3I)c2cc1C.O.O. The number of halogens is 1. The molecule has 0 amide bonds. The van der Waals surface area contributed by atoms with Crippen molar-refractivity contribution in [3.05, 3.63) is 57.4 Å². The van der Waals surface area contributed by atoms with Crippen molar-refractivity contribution in [3.63, 3.8) is 0 Å². The molecular weight excluding hydrogens is 393 g/mol. The Morgan fingerprint density at radius 1 is 0.955 bits per heavy atom. The first kappa shape index (κ1) is 18.3. The second kappa shape index (κ2) is 7.48. The van der Waals surface area contributed by atoms with Gasteiger partial charge in [0.15, 0.2) is 0 Å². The largest absolute Gasteiger partial charge is 0.412 e. The van der Waals surface area contributed by atoms with Gasteiger partial charge in [0.05, 0.1) is 11.2 Å². The second-order valence-corrected chi connectivity index (χ2v) is 5.94. The number of hydrogen-bond acceptors (Lipinski definition) is 3. The molecule has 3 rings (SSSR count). The number of nitrogens with one attached hydrogen (secondary N) is 1. The van der Waals surface area contributed by atoms with E-state index in [4.69, 9.17) is 0 Å². The van der Waals surface area contributed by atoms with Crippen molar-refractivity contribution in [1.82, 2.24) is 9.97 Å². The number of para-hydroxylation sites is 1. The minimum atomic E-state index is 0. The van der Waals surface area contributed by atoms with Gasteiger partial charge in [-0.05, 0) is 71.8 Å². The molecule has 0 aliphatic rings. The molecule has 5 nitrogen and oxygen atoms in total. The van der Waals surface area contributed by atoms with E-state index in [9.17, 15) is 0 Å². The maximum atomic E-state index is 4.39.